The molecule has 0 fully saturated rings. The summed E-state index contributed by atoms with van der Waals surface area (Å²) in [6.45, 7) is 4.48. The summed E-state index contributed by atoms with van der Waals surface area (Å²) in [5, 5.41) is 7.17. The molecule has 4 rings (SSSR count). The van der Waals surface area contributed by atoms with Gasteiger partial charge in [0.05, 0.1) is 5.39 Å². The number of anilines is 2. The summed E-state index contributed by atoms with van der Waals surface area (Å²) < 4.78 is 0. The lowest BCUT2D eigenvalue weighted by Crippen LogP contribution is -2.18. The number of hydrogen-bond donors (Lipinski definition) is 2. The fourth-order valence-electron chi connectivity index (χ4n) is 3.24. The lowest BCUT2D eigenvalue weighted by atomic mass is 10.0. The SMILES string of the molecule is Cc1cccnc1NC(=O)CCNc1ncnc2sc(C)c(-c3ccccc3)c12. The highest BCUT2D eigenvalue weighted by atomic mass is 32.1. The molecule has 7 heteroatoms. The maximum atomic E-state index is 12.3. The van der Waals surface area contributed by atoms with Gasteiger partial charge in [0.1, 0.15) is 22.8 Å². The molecule has 4 aromatic rings. The van der Waals surface area contributed by atoms with Crippen molar-refractivity contribution in [2.75, 3.05) is 17.2 Å². The number of nitrogens with zero attached hydrogens (tertiary/aromatic N) is 3. The van der Waals surface area contributed by atoms with Crippen molar-refractivity contribution in [3.63, 3.8) is 0 Å². The van der Waals surface area contributed by atoms with Gasteiger partial charge in [-0.15, -0.1) is 11.3 Å². The highest BCUT2D eigenvalue weighted by molar-refractivity contribution is 7.19. The standard InChI is InChI=1S/C22H21N5OS/c1-14-7-6-11-23-20(14)27-17(28)10-12-24-21-19-18(16-8-4-3-5-9-16)15(2)29-22(19)26-13-25-21/h3-9,11,13H,10,12H2,1-2H3,(H,23,27,28)(H,24,25,26). The maximum absolute atomic E-state index is 12.3. The van der Waals surface area contributed by atoms with Crippen LogP contribution in [0.15, 0.2) is 55.0 Å². The minimum absolute atomic E-state index is 0.0885. The highest BCUT2D eigenvalue weighted by Gasteiger charge is 2.16. The molecule has 0 atom stereocenters. The van der Waals surface area contributed by atoms with Crippen molar-refractivity contribution < 1.29 is 4.79 Å². The van der Waals surface area contributed by atoms with Crippen LogP contribution >= 0.6 is 11.3 Å². The number of aryl methyl sites for hydroxylation is 2. The Morgan fingerprint density at radius 2 is 1.83 bits per heavy atom. The molecule has 0 radical (unpaired) electrons. The molecule has 0 aliphatic heterocycles. The lowest BCUT2D eigenvalue weighted by molar-refractivity contribution is -0.116. The molecule has 0 saturated heterocycles. The molecule has 2 N–H and O–H groups in total. The normalized spacial score (nSPS) is 10.8. The van der Waals surface area contributed by atoms with E-state index in [1.54, 1.807) is 23.9 Å². The van der Waals surface area contributed by atoms with Gasteiger partial charge in [-0.1, -0.05) is 36.4 Å². The van der Waals surface area contributed by atoms with E-state index in [2.05, 4.69) is 44.6 Å². The zero-order valence-corrected chi connectivity index (χ0v) is 17.1. The van der Waals surface area contributed by atoms with Gasteiger partial charge in [-0.25, -0.2) is 15.0 Å². The van der Waals surface area contributed by atoms with Crippen LogP contribution in [-0.2, 0) is 4.79 Å². The summed E-state index contributed by atoms with van der Waals surface area (Å²) in [5.41, 5.74) is 3.22. The van der Waals surface area contributed by atoms with Crippen molar-refractivity contribution in [2.45, 2.75) is 20.3 Å². The second kappa shape index (κ2) is 8.36. The molecular formula is C22H21N5OS. The number of pyridine rings is 1. The van der Waals surface area contributed by atoms with E-state index < -0.39 is 0 Å². The minimum atomic E-state index is -0.0885. The van der Waals surface area contributed by atoms with Crippen LogP contribution in [0.2, 0.25) is 0 Å². The van der Waals surface area contributed by atoms with E-state index in [9.17, 15) is 4.79 Å². The Morgan fingerprint density at radius 1 is 1.00 bits per heavy atom. The van der Waals surface area contributed by atoms with Gasteiger partial charge in [0.25, 0.3) is 0 Å². The number of rotatable bonds is 6. The van der Waals surface area contributed by atoms with Gasteiger partial charge in [0.2, 0.25) is 5.91 Å². The Balaban J connectivity index is 1.51. The average Bonchev–Trinajstić information content (AvgIpc) is 3.07. The summed E-state index contributed by atoms with van der Waals surface area (Å²) in [4.78, 5) is 27.5. The molecule has 29 heavy (non-hydrogen) atoms. The first-order chi connectivity index (χ1) is 14.1. The zero-order valence-electron chi connectivity index (χ0n) is 16.3. The van der Waals surface area contributed by atoms with Crippen molar-refractivity contribution in [1.82, 2.24) is 15.0 Å². The molecule has 1 aromatic carbocycles. The number of carbonyl (C=O) groups is 1. The summed E-state index contributed by atoms with van der Waals surface area (Å²) in [5.74, 6) is 1.26. The van der Waals surface area contributed by atoms with Crippen molar-refractivity contribution in [1.29, 1.82) is 0 Å². The molecule has 0 spiro atoms. The molecule has 1 amide bonds. The smallest absolute Gasteiger partial charge is 0.227 e. The molecule has 0 aliphatic rings. The molecule has 3 heterocycles. The Morgan fingerprint density at radius 3 is 2.62 bits per heavy atom. The van der Waals surface area contributed by atoms with Gasteiger partial charge in [0, 0.05) is 29.6 Å². The molecule has 0 aliphatic carbocycles. The number of amides is 1. The fraction of sp³-hybridized carbons (Fsp3) is 0.182. The summed E-state index contributed by atoms with van der Waals surface area (Å²) in [6, 6.07) is 14.0. The Labute approximate surface area is 173 Å². The van der Waals surface area contributed by atoms with E-state index in [0.29, 0.717) is 18.8 Å². The second-order valence-electron chi connectivity index (χ2n) is 6.70. The van der Waals surface area contributed by atoms with E-state index >= 15 is 0 Å². The number of carbonyl (C=O) groups excluding carboxylic acids is 1. The van der Waals surface area contributed by atoms with Gasteiger partial charge < -0.3 is 10.6 Å². The Hall–Kier alpha value is -3.32. The third-order valence-corrected chi connectivity index (χ3v) is 5.65. The topological polar surface area (TPSA) is 79.8 Å². The van der Waals surface area contributed by atoms with Crippen molar-refractivity contribution in [3.8, 4) is 11.1 Å². The largest absolute Gasteiger partial charge is 0.369 e. The highest BCUT2D eigenvalue weighted by Crippen LogP contribution is 2.40. The number of nitrogens with one attached hydrogen (secondary N) is 2. The van der Waals surface area contributed by atoms with Gasteiger partial charge in [-0.3, -0.25) is 4.79 Å². The van der Waals surface area contributed by atoms with E-state index in [1.807, 2.05) is 37.3 Å². The van der Waals surface area contributed by atoms with Crippen LogP contribution in [-0.4, -0.2) is 27.4 Å². The fourth-order valence-corrected chi connectivity index (χ4v) is 4.25. The molecular weight excluding hydrogens is 382 g/mol. The van der Waals surface area contributed by atoms with Crippen LogP contribution in [0.25, 0.3) is 21.3 Å². The number of hydrogen-bond acceptors (Lipinski definition) is 6. The van der Waals surface area contributed by atoms with E-state index in [4.69, 9.17) is 0 Å². The first-order valence-electron chi connectivity index (χ1n) is 9.38. The second-order valence-corrected chi connectivity index (χ2v) is 7.90. The predicted molar refractivity (Wildman–Crippen MR) is 118 cm³/mol. The van der Waals surface area contributed by atoms with Crippen LogP contribution in [0.3, 0.4) is 0 Å². The van der Waals surface area contributed by atoms with Crippen molar-refractivity contribution in [3.05, 3.63) is 65.4 Å². The third kappa shape index (κ3) is 4.09. The van der Waals surface area contributed by atoms with Crippen LogP contribution in [0, 0.1) is 13.8 Å². The van der Waals surface area contributed by atoms with Crippen LogP contribution in [0.5, 0.6) is 0 Å². The molecule has 0 saturated carbocycles. The van der Waals surface area contributed by atoms with Crippen LogP contribution in [0.1, 0.15) is 16.9 Å². The predicted octanol–water partition coefficient (Wildman–Crippen LogP) is 4.81. The summed E-state index contributed by atoms with van der Waals surface area (Å²) in [7, 11) is 0. The van der Waals surface area contributed by atoms with Gasteiger partial charge in [-0.05, 0) is 31.0 Å². The Kier molecular flexibility index (Phi) is 5.48. The Bertz CT molecular complexity index is 1160. The molecule has 0 unspecified atom stereocenters. The van der Waals surface area contributed by atoms with E-state index in [1.165, 1.54) is 4.88 Å². The van der Waals surface area contributed by atoms with Crippen molar-refractivity contribution >= 4 is 39.1 Å². The van der Waals surface area contributed by atoms with Gasteiger partial charge in [-0.2, -0.15) is 0 Å². The quantitative estimate of drug-likeness (QED) is 0.483. The van der Waals surface area contributed by atoms with Gasteiger partial charge in [0.15, 0.2) is 0 Å². The maximum Gasteiger partial charge on any atom is 0.227 e. The molecule has 146 valence electrons. The summed E-state index contributed by atoms with van der Waals surface area (Å²) in [6.07, 6.45) is 3.54. The summed E-state index contributed by atoms with van der Waals surface area (Å²) >= 11 is 1.65. The van der Waals surface area contributed by atoms with Crippen LogP contribution in [0.4, 0.5) is 11.6 Å². The van der Waals surface area contributed by atoms with E-state index in [0.717, 1.165) is 32.7 Å². The average molecular weight is 404 g/mol. The number of fused-ring (bicyclic) bond motifs is 1. The monoisotopic (exact) mass is 403 g/mol. The van der Waals surface area contributed by atoms with Crippen molar-refractivity contribution in [2.24, 2.45) is 0 Å². The lowest BCUT2D eigenvalue weighted by Gasteiger charge is -2.10. The minimum Gasteiger partial charge on any atom is -0.369 e. The molecule has 6 nitrogen and oxygen atoms in total. The first kappa shape index (κ1) is 19.0. The van der Waals surface area contributed by atoms with Gasteiger partial charge >= 0.3 is 0 Å². The third-order valence-electron chi connectivity index (χ3n) is 4.64. The van der Waals surface area contributed by atoms with Crippen LogP contribution < -0.4 is 10.6 Å². The number of benzene rings is 1. The van der Waals surface area contributed by atoms with E-state index in [-0.39, 0.29) is 5.91 Å². The number of thiophene rings is 1. The molecule has 3 aromatic heterocycles. The zero-order chi connectivity index (χ0) is 20.2. The first-order valence-corrected chi connectivity index (χ1v) is 10.2. The number of aromatic nitrogens is 3. The molecule has 0 bridgehead atoms.